The van der Waals surface area contributed by atoms with Gasteiger partial charge in [-0.3, -0.25) is 5.11 Å². The molecule has 4 rings (SSSR count). The summed E-state index contributed by atoms with van der Waals surface area (Å²) in [5.74, 6) is 0.276. The van der Waals surface area contributed by atoms with Crippen molar-refractivity contribution in [1.82, 2.24) is 15.0 Å². The average Bonchev–Trinajstić information content (AvgIpc) is 3.14. The summed E-state index contributed by atoms with van der Waals surface area (Å²) in [6.07, 6.45) is 0.764. The molecule has 0 spiro atoms. The van der Waals surface area contributed by atoms with Gasteiger partial charge in [-0.2, -0.15) is 9.97 Å². The van der Waals surface area contributed by atoms with Crippen LogP contribution < -0.4 is 9.47 Å². The van der Waals surface area contributed by atoms with Crippen molar-refractivity contribution < 1.29 is 23.4 Å². The fourth-order valence-electron chi connectivity index (χ4n) is 2.96. The molecule has 2 aromatic heterocycles. The van der Waals surface area contributed by atoms with E-state index < -0.39 is 5.82 Å². The second-order valence-electron chi connectivity index (χ2n) is 6.83. The van der Waals surface area contributed by atoms with Crippen molar-refractivity contribution in [2.24, 2.45) is 0 Å². The first kappa shape index (κ1) is 19.6. The Kier molecular flexibility index (Phi) is 5.22. The van der Waals surface area contributed by atoms with E-state index in [0.29, 0.717) is 28.8 Å². The number of benzene rings is 2. The molecule has 0 bridgehead atoms. The molecule has 0 saturated heterocycles. The van der Waals surface area contributed by atoms with E-state index in [0.717, 1.165) is 6.42 Å². The van der Waals surface area contributed by atoms with Gasteiger partial charge < -0.3 is 13.9 Å². The van der Waals surface area contributed by atoms with E-state index in [1.165, 1.54) is 18.2 Å². The standard InChI is InChI=1S/C22H19FN3O4/c1-4-8-28-20-17-21(26-22(25-20)29-16-7-5-6-15(23)11-16)30-19(24-17)14-9-12(2)18(27)13(3)10-14/h5-7,9-11H,4,8H2,1-3H3. The van der Waals surface area contributed by atoms with Gasteiger partial charge in [0.25, 0.3) is 11.6 Å². The van der Waals surface area contributed by atoms with Crippen LogP contribution >= 0.6 is 0 Å². The van der Waals surface area contributed by atoms with Crippen LogP contribution in [0.15, 0.2) is 40.8 Å². The van der Waals surface area contributed by atoms with Crippen molar-refractivity contribution >= 4 is 11.2 Å². The van der Waals surface area contributed by atoms with Gasteiger partial charge in [0.2, 0.25) is 5.89 Å². The Balaban J connectivity index is 1.79. The van der Waals surface area contributed by atoms with Crippen molar-refractivity contribution in [2.45, 2.75) is 27.2 Å². The SMILES string of the molecule is CCCOc1nc(Oc2cccc(F)c2)nc2oc(-c3cc(C)c([O])c(C)c3)nc12. The second-order valence-corrected chi connectivity index (χ2v) is 6.83. The molecule has 0 atom stereocenters. The van der Waals surface area contributed by atoms with E-state index in [1.807, 2.05) is 6.92 Å². The molecule has 4 aromatic rings. The van der Waals surface area contributed by atoms with Crippen molar-refractivity contribution in [1.29, 1.82) is 0 Å². The summed E-state index contributed by atoms with van der Waals surface area (Å²) < 4.78 is 30.6. The molecule has 0 amide bonds. The molecule has 7 nitrogen and oxygen atoms in total. The van der Waals surface area contributed by atoms with Gasteiger partial charge in [-0.1, -0.05) is 13.0 Å². The van der Waals surface area contributed by atoms with E-state index >= 15 is 0 Å². The molecular formula is C22H19FN3O4. The van der Waals surface area contributed by atoms with Crippen LogP contribution in [0.4, 0.5) is 4.39 Å². The minimum absolute atomic E-state index is 0.0209. The lowest BCUT2D eigenvalue weighted by Gasteiger charge is -2.07. The van der Waals surface area contributed by atoms with Crippen LogP contribution in [0.3, 0.4) is 0 Å². The number of ether oxygens (including phenoxy) is 2. The van der Waals surface area contributed by atoms with Gasteiger partial charge >= 0.3 is 6.01 Å². The summed E-state index contributed by atoms with van der Waals surface area (Å²) in [7, 11) is 0. The van der Waals surface area contributed by atoms with Crippen LogP contribution in [0, 0.1) is 19.7 Å². The molecule has 8 heteroatoms. The largest absolute Gasteiger partial charge is 0.476 e. The summed E-state index contributed by atoms with van der Waals surface area (Å²) in [5.41, 5.74) is 2.34. The molecule has 0 aliphatic rings. The molecule has 2 aromatic carbocycles. The molecule has 0 aliphatic heterocycles. The number of aromatic nitrogens is 3. The highest BCUT2D eigenvalue weighted by atomic mass is 19.1. The average molecular weight is 408 g/mol. The highest BCUT2D eigenvalue weighted by Gasteiger charge is 2.19. The maximum absolute atomic E-state index is 13.5. The molecule has 0 unspecified atom stereocenters. The number of fused-ring (bicyclic) bond motifs is 1. The van der Waals surface area contributed by atoms with Gasteiger partial charge in [0.1, 0.15) is 11.6 Å². The van der Waals surface area contributed by atoms with Crippen molar-refractivity contribution in [3.8, 4) is 34.8 Å². The lowest BCUT2D eigenvalue weighted by atomic mass is 10.1. The predicted octanol–water partition coefficient (Wildman–Crippen LogP) is 5.77. The third kappa shape index (κ3) is 3.89. The van der Waals surface area contributed by atoms with Gasteiger partial charge in [-0.15, -0.1) is 0 Å². The first-order valence-electron chi connectivity index (χ1n) is 9.48. The minimum Gasteiger partial charge on any atom is -0.476 e. The fourth-order valence-corrected chi connectivity index (χ4v) is 2.96. The van der Waals surface area contributed by atoms with Crippen molar-refractivity contribution in [2.75, 3.05) is 6.61 Å². The Morgan fingerprint density at radius 1 is 1.07 bits per heavy atom. The van der Waals surface area contributed by atoms with Crippen LogP contribution in [0.2, 0.25) is 0 Å². The molecule has 153 valence electrons. The van der Waals surface area contributed by atoms with Gasteiger partial charge in [0.15, 0.2) is 11.3 Å². The van der Waals surface area contributed by atoms with E-state index in [4.69, 9.17) is 13.9 Å². The third-order valence-electron chi connectivity index (χ3n) is 4.36. The summed E-state index contributed by atoms with van der Waals surface area (Å²) >= 11 is 0. The first-order valence-corrected chi connectivity index (χ1v) is 9.48. The fraction of sp³-hybridized carbons (Fsp3) is 0.227. The number of rotatable bonds is 6. The quantitative estimate of drug-likeness (QED) is 0.402. The molecule has 0 aliphatic carbocycles. The molecule has 2 heterocycles. The normalized spacial score (nSPS) is 11.1. The van der Waals surface area contributed by atoms with E-state index in [9.17, 15) is 9.50 Å². The van der Waals surface area contributed by atoms with Crippen molar-refractivity contribution in [3.05, 3.63) is 53.3 Å². The number of nitrogens with zero attached hydrogens (tertiary/aromatic N) is 3. The summed E-state index contributed by atoms with van der Waals surface area (Å²) in [4.78, 5) is 13.0. The third-order valence-corrected chi connectivity index (χ3v) is 4.36. The van der Waals surface area contributed by atoms with E-state index in [1.54, 1.807) is 32.0 Å². The molecular weight excluding hydrogens is 389 g/mol. The Labute approximate surface area is 172 Å². The molecule has 0 fully saturated rings. The van der Waals surface area contributed by atoms with Gasteiger partial charge in [0, 0.05) is 11.6 Å². The van der Waals surface area contributed by atoms with Crippen LogP contribution in [0.5, 0.6) is 23.4 Å². The Bertz CT molecular complexity index is 1200. The Morgan fingerprint density at radius 3 is 2.53 bits per heavy atom. The molecule has 30 heavy (non-hydrogen) atoms. The zero-order chi connectivity index (χ0) is 21.3. The lowest BCUT2D eigenvalue weighted by Crippen LogP contribution is -2.01. The van der Waals surface area contributed by atoms with Crippen LogP contribution in [-0.2, 0) is 5.11 Å². The van der Waals surface area contributed by atoms with Gasteiger partial charge in [-0.05, 0) is 55.7 Å². The molecule has 1 radical (unpaired) electrons. The molecule has 0 saturated carbocycles. The summed E-state index contributed by atoms with van der Waals surface area (Å²) in [5, 5.41) is 12.0. The van der Waals surface area contributed by atoms with Gasteiger partial charge in [-0.25, -0.2) is 9.37 Å². The molecule has 0 N–H and O–H groups in total. The number of oxazole rings is 1. The number of halogens is 1. The number of hydrogen-bond acceptors (Lipinski definition) is 6. The van der Waals surface area contributed by atoms with Gasteiger partial charge in [0.05, 0.1) is 6.61 Å². The predicted molar refractivity (Wildman–Crippen MR) is 107 cm³/mol. The maximum atomic E-state index is 13.5. The van der Waals surface area contributed by atoms with Crippen LogP contribution in [0.25, 0.3) is 22.7 Å². The first-order chi connectivity index (χ1) is 14.4. The highest BCUT2D eigenvalue weighted by Crippen LogP contribution is 2.34. The Hall–Kier alpha value is -3.68. The smallest absolute Gasteiger partial charge is 0.328 e. The zero-order valence-electron chi connectivity index (χ0n) is 16.7. The minimum atomic E-state index is -0.439. The lowest BCUT2D eigenvalue weighted by molar-refractivity contribution is 0.302. The Morgan fingerprint density at radius 2 is 1.83 bits per heavy atom. The maximum Gasteiger partial charge on any atom is 0.328 e. The second kappa shape index (κ2) is 7.98. The monoisotopic (exact) mass is 408 g/mol. The number of hydrogen-bond donors (Lipinski definition) is 0. The van der Waals surface area contributed by atoms with Crippen LogP contribution in [0.1, 0.15) is 24.5 Å². The highest BCUT2D eigenvalue weighted by molar-refractivity contribution is 5.78. The van der Waals surface area contributed by atoms with Crippen molar-refractivity contribution in [3.63, 3.8) is 0 Å². The topological polar surface area (TPSA) is 90.2 Å². The summed E-state index contributed by atoms with van der Waals surface area (Å²) in [6.45, 7) is 5.85. The number of aryl methyl sites for hydroxylation is 2. The zero-order valence-corrected chi connectivity index (χ0v) is 16.7. The van der Waals surface area contributed by atoms with Crippen LogP contribution in [-0.4, -0.2) is 21.6 Å². The van der Waals surface area contributed by atoms with E-state index in [2.05, 4.69) is 15.0 Å². The summed E-state index contributed by atoms with van der Waals surface area (Å²) in [6, 6.07) is 9.02. The van der Waals surface area contributed by atoms with E-state index in [-0.39, 0.29) is 35.0 Å².